The molecule has 1 saturated heterocycles. The summed E-state index contributed by atoms with van der Waals surface area (Å²) in [6.45, 7) is 8.95. The number of fused-ring (bicyclic) bond motifs is 1. The standard InChI is InChI=1S/C22H28N6O3/c1-5-16-6-7-19(15(4)26-16)28-20-18(12-25-28)21(24-13-23-20)31-17-8-10-27(11-9-17)22(29)30-14(2)3/h6-7,12-14,17H,5,8-11H2,1-4H3. The molecule has 1 amide bonds. The van der Waals surface area contributed by atoms with Gasteiger partial charge in [-0.1, -0.05) is 6.92 Å². The zero-order valence-electron chi connectivity index (χ0n) is 18.4. The Morgan fingerprint density at radius 3 is 2.68 bits per heavy atom. The lowest BCUT2D eigenvalue weighted by molar-refractivity contribution is 0.0511. The lowest BCUT2D eigenvalue weighted by Crippen LogP contribution is -2.42. The molecule has 1 fully saturated rings. The molecule has 9 heteroatoms. The van der Waals surface area contributed by atoms with Gasteiger partial charge in [0.25, 0.3) is 0 Å². The smallest absolute Gasteiger partial charge is 0.410 e. The van der Waals surface area contributed by atoms with Crippen LogP contribution < -0.4 is 4.74 Å². The maximum Gasteiger partial charge on any atom is 0.410 e. The Hall–Kier alpha value is -3.23. The third kappa shape index (κ3) is 4.45. The lowest BCUT2D eigenvalue weighted by atomic mass is 10.1. The molecule has 0 N–H and O–H groups in total. The van der Waals surface area contributed by atoms with Gasteiger partial charge >= 0.3 is 6.09 Å². The van der Waals surface area contributed by atoms with Crippen LogP contribution in [0.5, 0.6) is 5.88 Å². The summed E-state index contributed by atoms with van der Waals surface area (Å²) >= 11 is 0. The minimum atomic E-state index is -0.266. The molecule has 3 aromatic rings. The Labute approximate surface area is 181 Å². The Bertz CT molecular complexity index is 1070. The molecule has 0 radical (unpaired) electrons. The molecular weight excluding hydrogens is 396 g/mol. The topological polar surface area (TPSA) is 95.3 Å². The second-order valence-electron chi connectivity index (χ2n) is 7.97. The van der Waals surface area contributed by atoms with E-state index in [9.17, 15) is 4.79 Å². The molecule has 1 aliphatic rings. The van der Waals surface area contributed by atoms with Crippen LogP contribution in [0, 0.1) is 6.92 Å². The van der Waals surface area contributed by atoms with E-state index in [4.69, 9.17) is 9.47 Å². The molecule has 0 unspecified atom stereocenters. The highest BCUT2D eigenvalue weighted by Gasteiger charge is 2.26. The van der Waals surface area contributed by atoms with Crippen LogP contribution >= 0.6 is 0 Å². The fourth-order valence-corrected chi connectivity index (χ4v) is 3.71. The number of likely N-dealkylation sites (tertiary alicyclic amines) is 1. The molecular formula is C22H28N6O3. The quantitative estimate of drug-likeness (QED) is 0.619. The fraction of sp³-hybridized carbons (Fsp3) is 0.500. The van der Waals surface area contributed by atoms with Crippen molar-refractivity contribution in [2.45, 2.75) is 59.2 Å². The summed E-state index contributed by atoms with van der Waals surface area (Å²) in [7, 11) is 0. The summed E-state index contributed by atoms with van der Waals surface area (Å²) in [4.78, 5) is 27.2. The predicted octanol–water partition coefficient (Wildman–Crippen LogP) is 3.47. The Morgan fingerprint density at radius 2 is 2.00 bits per heavy atom. The van der Waals surface area contributed by atoms with E-state index >= 15 is 0 Å². The fourth-order valence-electron chi connectivity index (χ4n) is 3.71. The molecule has 4 heterocycles. The first-order chi connectivity index (χ1) is 15.0. The van der Waals surface area contributed by atoms with Crippen LogP contribution in [0.1, 0.15) is 45.0 Å². The van der Waals surface area contributed by atoms with E-state index in [0.29, 0.717) is 37.5 Å². The number of hydrogen-bond donors (Lipinski definition) is 0. The van der Waals surface area contributed by atoms with Gasteiger partial charge in [0.1, 0.15) is 17.8 Å². The minimum absolute atomic E-state index is 0.0307. The van der Waals surface area contributed by atoms with Crippen LogP contribution in [0.3, 0.4) is 0 Å². The zero-order valence-corrected chi connectivity index (χ0v) is 18.4. The van der Waals surface area contributed by atoms with Crippen LogP contribution in [0.15, 0.2) is 24.7 Å². The molecule has 0 atom stereocenters. The van der Waals surface area contributed by atoms with E-state index in [1.54, 1.807) is 15.8 Å². The van der Waals surface area contributed by atoms with Crippen LogP contribution in [0.25, 0.3) is 16.7 Å². The van der Waals surface area contributed by atoms with Crippen molar-refractivity contribution in [3.63, 3.8) is 0 Å². The number of ether oxygens (including phenoxy) is 2. The predicted molar refractivity (Wildman–Crippen MR) is 115 cm³/mol. The first kappa shape index (κ1) is 21.0. The van der Waals surface area contributed by atoms with Gasteiger partial charge in [-0.2, -0.15) is 5.10 Å². The van der Waals surface area contributed by atoms with E-state index in [1.165, 1.54) is 6.33 Å². The average Bonchev–Trinajstić information content (AvgIpc) is 3.18. The van der Waals surface area contributed by atoms with Crippen molar-refractivity contribution in [1.82, 2.24) is 29.6 Å². The number of carbonyl (C=O) groups is 1. The van der Waals surface area contributed by atoms with E-state index in [0.717, 1.165) is 28.9 Å². The third-order valence-corrected chi connectivity index (χ3v) is 5.35. The van der Waals surface area contributed by atoms with Gasteiger partial charge in [-0.15, -0.1) is 0 Å². The Morgan fingerprint density at radius 1 is 1.23 bits per heavy atom. The maximum atomic E-state index is 12.1. The molecule has 4 rings (SSSR count). The second kappa shape index (κ2) is 8.87. The molecule has 9 nitrogen and oxygen atoms in total. The number of rotatable bonds is 5. The molecule has 3 aromatic heterocycles. The number of piperidine rings is 1. The van der Waals surface area contributed by atoms with Crippen molar-refractivity contribution in [2.75, 3.05) is 13.1 Å². The average molecular weight is 425 g/mol. The van der Waals surface area contributed by atoms with Crippen LogP contribution in [0.4, 0.5) is 4.79 Å². The number of carbonyl (C=O) groups excluding carboxylic acids is 1. The number of pyridine rings is 1. The van der Waals surface area contributed by atoms with E-state index in [2.05, 4.69) is 27.0 Å². The van der Waals surface area contributed by atoms with E-state index in [1.807, 2.05) is 32.9 Å². The number of aromatic nitrogens is 5. The van der Waals surface area contributed by atoms with Crippen molar-refractivity contribution >= 4 is 17.1 Å². The van der Waals surface area contributed by atoms with Crippen LogP contribution in [-0.4, -0.2) is 61.0 Å². The molecule has 164 valence electrons. The minimum Gasteiger partial charge on any atom is -0.474 e. The second-order valence-corrected chi connectivity index (χ2v) is 7.97. The van der Waals surface area contributed by atoms with Gasteiger partial charge in [0.2, 0.25) is 5.88 Å². The Kier molecular flexibility index (Phi) is 6.01. The van der Waals surface area contributed by atoms with Gasteiger partial charge in [-0.25, -0.2) is 19.4 Å². The van der Waals surface area contributed by atoms with Gasteiger partial charge in [0, 0.05) is 31.6 Å². The molecule has 1 aliphatic heterocycles. The summed E-state index contributed by atoms with van der Waals surface area (Å²) in [6.07, 6.45) is 5.12. The van der Waals surface area contributed by atoms with E-state index < -0.39 is 0 Å². The lowest BCUT2D eigenvalue weighted by Gasteiger charge is -2.31. The number of amides is 1. The number of hydrogen-bond acceptors (Lipinski definition) is 7. The Balaban J connectivity index is 1.50. The molecule has 0 spiro atoms. The zero-order chi connectivity index (χ0) is 22.0. The normalized spacial score (nSPS) is 14.9. The molecule has 0 saturated carbocycles. The van der Waals surface area contributed by atoms with E-state index in [-0.39, 0.29) is 18.3 Å². The molecule has 31 heavy (non-hydrogen) atoms. The summed E-state index contributed by atoms with van der Waals surface area (Å²) in [5.74, 6) is 0.509. The summed E-state index contributed by atoms with van der Waals surface area (Å²) in [5, 5.41) is 5.28. The SMILES string of the molecule is CCc1ccc(-n2ncc3c(OC4CCN(C(=O)OC(C)C)CC4)ncnc32)c(C)n1. The monoisotopic (exact) mass is 424 g/mol. The molecule has 0 aliphatic carbocycles. The number of nitrogens with zero attached hydrogens (tertiary/aromatic N) is 6. The number of aryl methyl sites for hydroxylation is 2. The van der Waals surface area contributed by atoms with Gasteiger partial charge in [0.05, 0.1) is 23.7 Å². The van der Waals surface area contributed by atoms with Crippen LogP contribution in [0.2, 0.25) is 0 Å². The van der Waals surface area contributed by atoms with Crippen LogP contribution in [-0.2, 0) is 11.2 Å². The molecule has 0 aromatic carbocycles. The van der Waals surface area contributed by atoms with Crippen molar-refractivity contribution in [3.05, 3.63) is 36.0 Å². The van der Waals surface area contributed by atoms with Crippen molar-refractivity contribution in [2.24, 2.45) is 0 Å². The van der Waals surface area contributed by atoms with Gasteiger partial charge < -0.3 is 14.4 Å². The third-order valence-electron chi connectivity index (χ3n) is 5.35. The molecule has 0 bridgehead atoms. The van der Waals surface area contributed by atoms with Gasteiger partial charge in [-0.05, 0) is 39.3 Å². The summed E-state index contributed by atoms with van der Waals surface area (Å²) in [6, 6.07) is 4.02. The summed E-state index contributed by atoms with van der Waals surface area (Å²) in [5.41, 5.74) is 3.50. The summed E-state index contributed by atoms with van der Waals surface area (Å²) < 4.78 is 13.2. The maximum absolute atomic E-state index is 12.1. The van der Waals surface area contributed by atoms with Crippen molar-refractivity contribution in [3.8, 4) is 11.6 Å². The highest BCUT2D eigenvalue weighted by molar-refractivity contribution is 5.81. The highest BCUT2D eigenvalue weighted by Crippen LogP contribution is 2.27. The first-order valence-electron chi connectivity index (χ1n) is 10.7. The van der Waals surface area contributed by atoms with Crippen molar-refractivity contribution in [1.29, 1.82) is 0 Å². The largest absolute Gasteiger partial charge is 0.474 e. The highest BCUT2D eigenvalue weighted by atomic mass is 16.6. The first-order valence-corrected chi connectivity index (χ1v) is 10.7. The van der Waals surface area contributed by atoms with Gasteiger partial charge in [0.15, 0.2) is 5.65 Å². The van der Waals surface area contributed by atoms with Gasteiger partial charge in [-0.3, -0.25) is 4.98 Å². The van der Waals surface area contributed by atoms with Crippen molar-refractivity contribution < 1.29 is 14.3 Å².